The Hall–Kier alpha value is -2.18. The lowest BCUT2D eigenvalue weighted by Gasteiger charge is -2.32. The van der Waals surface area contributed by atoms with Crippen LogP contribution in [-0.2, 0) is 28.3 Å². The third-order valence-electron chi connectivity index (χ3n) is 5.79. The average Bonchev–Trinajstić information content (AvgIpc) is 2.88. The third kappa shape index (κ3) is 8.96. The minimum Gasteiger partial charge on any atom is -0.354 e. The van der Waals surface area contributed by atoms with Crippen molar-refractivity contribution in [3.05, 3.63) is 105 Å². The standard InChI is InChI=1S/C29H31Cl3N2O2S/c1-20(2)16-33-29(36)27(15-21-9-4-3-5-10-21)34(17-22-11-6-7-12-24(22)30)28(35)19-37-18-23-25(31)13-8-14-26(23)32/h3-14,20,27H,15-19H2,1-2H3,(H,33,36)/t27-/m1/s1. The van der Waals surface area contributed by atoms with Gasteiger partial charge in [0.25, 0.3) is 0 Å². The Morgan fingerprint density at radius 1 is 0.865 bits per heavy atom. The predicted molar refractivity (Wildman–Crippen MR) is 156 cm³/mol. The van der Waals surface area contributed by atoms with Gasteiger partial charge in [-0.25, -0.2) is 0 Å². The van der Waals surface area contributed by atoms with E-state index in [0.717, 1.165) is 16.7 Å². The molecule has 0 spiro atoms. The zero-order chi connectivity index (χ0) is 26.8. The summed E-state index contributed by atoms with van der Waals surface area (Å²) >= 11 is 20.5. The molecule has 0 unspecified atom stereocenters. The number of thioether (sulfide) groups is 1. The summed E-state index contributed by atoms with van der Waals surface area (Å²) in [5, 5.41) is 4.71. The molecule has 0 aliphatic heterocycles. The fourth-order valence-electron chi connectivity index (χ4n) is 3.78. The largest absolute Gasteiger partial charge is 0.354 e. The number of benzene rings is 3. The van der Waals surface area contributed by atoms with Crippen LogP contribution in [0, 0.1) is 5.92 Å². The summed E-state index contributed by atoms with van der Waals surface area (Å²) in [6.07, 6.45) is 0.391. The van der Waals surface area contributed by atoms with Crippen LogP contribution in [-0.4, -0.2) is 35.1 Å². The number of halogens is 3. The summed E-state index contributed by atoms with van der Waals surface area (Å²) in [7, 11) is 0. The normalized spacial score (nSPS) is 11.8. The monoisotopic (exact) mass is 576 g/mol. The summed E-state index contributed by atoms with van der Waals surface area (Å²) in [5.74, 6) is 0.581. The highest BCUT2D eigenvalue weighted by atomic mass is 35.5. The molecule has 0 bridgehead atoms. The maximum Gasteiger partial charge on any atom is 0.243 e. The Balaban J connectivity index is 1.87. The number of amides is 2. The topological polar surface area (TPSA) is 49.4 Å². The zero-order valence-corrected chi connectivity index (χ0v) is 24.0. The van der Waals surface area contributed by atoms with E-state index in [1.807, 2.05) is 62.4 Å². The average molecular weight is 578 g/mol. The Morgan fingerprint density at radius 2 is 1.49 bits per heavy atom. The minimum atomic E-state index is -0.700. The van der Waals surface area contributed by atoms with Crippen molar-refractivity contribution in [1.29, 1.82) is 0 Å². The van der Waals surface area contributed by atoms with Gasteiger partial charge in [0.05, 0.1) is 5.75 Å². The van der Waals surface area contributed by atoms with Crippen LogP contribution in [0.25, 0.3) is 0 Å². The van der Waals surface area contributed by atoms with E-state index in [0.29, 0.717) is 33.8 Å². The lowest BCUT2D eigenvalue weighted by Crippen LogP contribution is -2.51. The second-order valence-corrected chi connectivity index (χ2v) is 11.4. The van der Waals surface area contributed by atoms with Crippen LogP contribution in [0.2, 0.25) is 15.1 Å². The molecule has 3 aromatic carbocycles. The molecule has 3 aromatic rings. The van der Waals surface area contributed by atoms with Crippen molar-refractivity contribution in [3.8, 4) is 0 Å². The fraction of sp³-hybridized carbons (Fsp3) is 0.310. The van der Waals surface area contributed by atoms with E-state index in [9.17, 15) is 9.59 Å². The van der Waals surface area contributed by atoms with Crippen LogP contribution in [0.15, 0.2) is 72.8 Å². The second kappa shape index (κ2) is 14.7. The van der Waals surface area contributed by atoms with Gasteiger partial charge in [0.15, 0.2) is 0 Å². The number of carbonyl (C=O) groups is 2. The highest BCUT2D eigenvalue weighted by Crippen LogP contribution is 2.29. The number of nitrogens with one attached hydrogen (secondary N) is 1. The first-order valence-electron chi connectivity index (χ1n) is 12.1. The lowest BCUT2D eigenvalue weighted by atomic mass is 10.0. The van der Waals surface area contributed by atoms with Crippen molar-refractivity contribution in [2.24, 2.45) is 5.92 Å². The molecule has 0 radical (unpaired) electrons. The van der Waals surface area contributed by atoms with E-state index in [2.05, 4.69) is 5.32 Å². The van der Waals surface area contributed by atoms with Crippen LogP contribution in [0.3, 0.4) is 0 Å². The molecule has 2 amide bonds. The molecule has 0 saturated carbocycles. The number of nitrogens with zero attached hydrogens (tertiary/aromatic N) is 1. The van der Waals surface area contributed by atoms with E-state index in [1.165, 1.54) is 11.8 Å². The molecule has 0 saturated heterocycles. The van der Waals surface area contributed by atoms with Crippen LogP contribution >= 0.6 is 46.6 Å². The Labute approximate surface area is 238 Å². The SMILES string of the molecule is CC(C)CNC(=O)[C@@H](Cc1ccccc1)N(Cc1ccccc1Cl)C(=O)CSCc1c(Cl)cccc1Cl. The maximum absolute atomic E-state index is 13.7. The highest BCUT2D eigenvalue weighted by molar-refractivity contribution is 7.99. The molecule has 1 atom stereocenters. The molecule has 196 valence electrons. The Kier molecular flexibility index (Phi) is 11.7. The van der Waals surface area contributed by atoms with Gasteiger partial charge >= 0.3 is 0 Å². The van der Waals surface area contributed by atoms with Crippen molar-refractivity contribution in [2.75, 3.05) is 12.3 Å². The summed E-state index contributed by atoms with van der Waals surface area (Å²) in [6.45, 7) is 4.82. The number of hydrogen-bond donors (Lipinski definition) is 1. The van der Waals surface area contributed by atoms with Crippen LogP contribution < -0.4 is 5.32 Å². The van der Waals surface area contributed by atoms with Gasteiger partial charge < -0.3 is 10.2 Å². The molecule has 0 heterocycles. The number of hydrogen-bond acceptors (Lipinski definition) is 3. The van der Waals surface area contributed by atoms with Crippen LogP contribution in [0.1, 0.15) is 30.5 Å². The smallest absolute Gasteiger partial charge is 0.243 e. The molecule has 3 rings (SSSR count). The highest BCUT2D eigenvalue weighted by Gasteiger charge is 2.30. The summed E-state index contributed by atoms with van der Waals surface area (Å²) in [4.78, 5) is 28.8. The van der Waals surface area contributed by atoms with E-state index in [4.69, 9.17) is 34.8 Å². The van der Waals surface area contributed by atoms with Crippen molar-refractivity contribution in [2.45, 2.75) is 38.6 Å². The maximum atomic E-state index is 13.7. The molecule has 0 fully saturated rings. The predicted octanol–water partition coefficient (Wildman–Crippen LogP) is 7.29. The van der Waals surface area contributed by atoms with Gasteiger partial charge in [0.2, 0.25) is 11.8 Å². The Morgan fingerprint density at radius 3 is 2.14 bits per heavy atom. The molecular weight excluding hydrogens is 547 g/mol. The second-order valence-electron chi connectivity index (χ2n) is 9.15. The molecule has 8 heteroatoms. The van der Waals surface area contributed by atoms with Gasteiger partial charge in [-0.15, -0.1) is 11.8 Å². The first-order chi connectivity index (χ1) is 17.8. The first kappa shape index (κ1) is 29.4. The number of carbonyl (C=O) groups excluding carboxylic acids is 2. The van der Waals surface area contributed by atoms with E-state index in [1.54, 1.807) is 29.2 Å². The summed E-state index contributed by atoms with van der Waals surface area (Å²) in [5.41, 5.74) is 2.54. The van der Waals surface area contributed by atoms with Gasteiger partial charge in [-0.3, -0.25) is 9.59 Å². The molecule has 1 N–H and O–H groups in total. The lowest BCUT2D eigenvalue weighted by molar-refractivity contribution is -0.139. The summed E-state index contributed by atoms with van der Waals surface area (Å²) in [6, 6.07) is 21.8. The Bertz CT molecular complexity index is 1170. The number of rotatable bonds is 12. The molecule has 37 heavy (non-hydrogen) atoms. The van der Waals surface area contributed by atoms with Crippen molar-refractivity contribution in [3.63, 3.8) is 0 Å². The van der Waals surface area contributed by atoms with Crippen molar-refractivity contribution < 1.29 is 9.59 Å². The van der Waals surface area contributed by atoms with Crippen LogP contribution in [0.5, 0.6) is 0 Å². The van der Waals surface area contributed by atoms with Crippen LogP contribution in [0.4, 0.5) is 0 Å². The quantitative estimate of drug-likeness (QED) is 0.246. The molecule has 4 nitrogen and oxygen atoms in total. The van der Waals surface area contributed by atoms with Crippen molar-refractivity contribution in [1.82, 2.24) is 10.2 Å². The van der Waals surface area contributed by atoms with Crippen molar-refractivity contribution >= 4 is 58.4 Å². The molecule has 0 aromatic heterocycles. The minimum absolute atomic E-state index is 0.159. The zero-order valence-electron chi connectivity index (χ0n) is 20.9. The van der Waals surface area contributed by atoms with Gasteiger partial charge in [-0.05, 0) is 40.8 Å². The van der Waals surface area contributed by atoms with Gasteiger partial charge in [0.1, 0.15) is 6.04 Å². The van der Waals surface area contributed by atoms with Gasteiger partial charge in [-0.2, -0.15) is 0 Å². The van der Waals surface area contributed by atoms with Gasteiger partial charge in [-0.1, -0.05) is 103 Å². The first-order valence-corrected chi connectivity index (χ1v) is 14.4. The van der Waals surface area contributed by atoms with Gasteiger partial charge in [0, 0.05) is 40.3 Å². The molecule has 0 aliphatic rings. The van der Waals surface area contributed by atoms with E-state index in [-0.39, 0.29) is 30.0 Å². The molecule has 0 aliphatic carbocycles. The summed E-state index contributed by atoms with van der Waals surface area (Å²) < 4.78 is 0. The van der Waals surface area contributed by atoms with E-state index >= 15 is 0 Å². The molecular formula is C29H31Cl3N2O2S. The van der Waals surface area contributed by atoms with E-state index < -0.39 is 6.04 Å². The fourth-order valence-corrected chi connectivity index (χ4v) is 5.62. The third-order valence-corrected chi connectivity index (χ3v) is 7.81.